The van der Waals surface area contributed by atoms with Crippen LogP contribution < -0.4 is 10.5 Å². The summed E-state index contributed by atoms with van der Waals surface area (Å²) in [6, 6.07) is 13.7. The quantitative estimate of drug-likeness (QED) is 0.620. The molecule has 0 bridgehead atoms. The fraction of sp³-hybridized carbons (Fsp3) is 0.111. The number of methoxy groups -OCH3 is 1. The molecule has 0 saturated heterocycles. The number of aromatic nitrogens is 5. The largest absolute Gasteiger partial charge is 0.467 e. The van der Waals surface area contributed by atoms with E-state index < -0.39 is 0 Å². The number of fused-ring (bicyclic) bond motifs is 1. The maximum atomic E-state index is 5.88. The monoisotopic (exact) mass is 332 g/mol. The Morgan fingerprint density at radius 2 is 1.76 bits per heavy atom. The van der Waals surface area contributed by atoms with Gasteiger partial charge in [0.1, 0.15) is 22.7 Å². The first-order chi connectivity index (χ1) is 12.2. The van der Waals surface area contributed by atoms with Gasteiger partial charge in [0, 0.05) is 24.4 Å². The van der Waals surface area contributed by atoms with E-state index in [1.54, 1.807) is 10.7 Å². The zero-order valence-electron chi connectivity index (χ0n) is 13.8. The lowest BCUT2D eigenvalue weighted by atomic mass is 10.0. The van der Waals surface area contributed by atoms with Gasteiger partial charge in [0.2, 0.25) is 0 Å². The number of aryl methyl sites for hydroxylation is 1. The molecule has 0 saturated carbocycles. The fourth-order valence-electron chi connectivity index (χ4n) is 2.76. The third-order valence-electron chi connectivity index (χ3n) is 3.86. The standard InChI is InChI=1S/C18H16N6O/c1-24-10-12(15(23-24)11-6-4-3-5-7-11)16-17-13(8-9-14(19)21-17)20-18(22-16)25-2/h3-10H,1-2H3,(H2,19,21). The van der Waals surface area contributed by atoms with Gasteiger partial charge in [-0.3, -0.25) is 4.68 Å². The van der Waals surface area contributed by atoms with Crippen LogP contribution in [0.5, 0.6) is 6.01 Å². The van der Waals surface area contributed by atoms with E-state index in [4.69, 9.17) is 10.5 Å². The summed E-state index contributed by atoms with van der Waals surface area (Å²) < 4.78 is 7.01. The number of rotatable bonds is 3. The van der Waals surface area contributed by atoms with Gasteiger partial charge in [-0.15, -0.1) is 0 Å². The normalized spacial score (nSPS) is 11.0. The molecule has 0 aliphatic heterocycles. The van der Waals surface area contributed by atoms with E-state index in [0.717, 1.165) is 16.8 Å². The van der Waals surface area contributed by atoms with E-state index >= 15 is 0 Å². The molecule has 1 aromatic carbocycles. The highest BCUT2D eigenvalue weighted by atomic mass is 16.5. The van der Waals surface area contributed by atoms with Gasteiger partial charge in [0.15, 0.2) is 0 Å². The van der Waals surface area contributed by atoms with Crippen molar-refractivity contribution in [1.29, 1.82) is 0 Å². The van der Waals surface area contributed by atoms with Crippen LogP contribution in [-0.2, 0) is 7.05 Å². The summed E-state index contributed by atoms with van der Waals surface area (Å²) in [5, 5.41) is 4.60. The minimum Gasteiger partial charge on any atom is -0.467 e. The molecule has 4 aromatic rings. The van der Waals surface area contributed by atoms with Crippen LogP contribution >= 0.6 is 0 Å². The van der Waals surface area contributed by atoms with Crippen molar-refractivity contribution in [2.75, 3.05) is 12.8 Å². The van der Waals surface area contributed by atoms with Crippen molar-refractivity contribution in [3.05, 3.63) is 48.7 Å². The summed E-state index contributed by atoms with van der Waals surface area (Å²) in [5.74, 6) is 0.410. The van der Waals surface area contributed by atoms with Crippen molar-refractivity contribution in [2.24, 2.45) is 7.05 Å². The molecule has 4 rings (SSSR count). The zero-order chi connectivity index (χ0) is 17.4. The Labute approximate surface area is 144 Å². The minimum absolute atomic E-state index is 0.275. The van der Waals surface area contributed by atoms with E-state index in [1.165, 1.54) is 7.11 Å². The van der Waals surface area contributed by atoms with Gasteiger partial charge in [0.25, 0.3) is 0 Å². The molecule has 25 heavy (non-hydrogen) atoms. The summed E-state index contributed by atoms with van der Waals surface area (Å²) in [5.41, 5.74) is 10.5. The summed E-state index contributed by atoms with van der Waals surface area (Å²) in [4.78, 5) is 13.3. The Morgan fingerprint density at radius 3 is 2.52 bits per heavy atom. The highest BCUT2D eigenvalue weighted by Crippen LogP contribution is 2.34. The number of hydrogen-bond acceptors (Lipinski definition) is 6. The van der Waals surface area contributed by atoms with E-state index in [2.05, 4.69) is 20.1 Å². The van der Waals surface area contributed by atoms with E-state index in [0.29, 0.717) is 22.5 Å². The van der Waals surface area contributed by atoms with Crippen LogP contribution in [0, 0.1) is 0 Å². The van der Waals surface area contributed by atoms with Gasteiger partial charge in [0.05, 0.1) is 12.6 Å². The molecule has 7 heteroatoms. The fourth-order valence-corrected chi connectivity index (χ4v) is 2.76. The highest BCUT2D eigenvalue weighted by Gasteiger charge is 2.19. The van der Waals surface area contributed by atoms with E-state index in [-0.39, 0.29) is 6.01 Å². The summed E-state index contributed by atoms with van der Waals surface area (Å²) >= 11 is 0. The molecule has 0 aliphatic rings. The Balaban J connectivity index is 2.04. The van der Waals surface area contributed by atoms with Gasteiger partial charge < -0.3 is 10.5 Å². The maximum Gasteiger partial charge on any atom is 0.317 e. The van der Waals surface area contributed by atoms with Gasteiger partial charge in [-0.2, -0.15) is 15.1 Å². The number of ether oxygens (including phenoxy) is 1. The Kier molecular flexibility index (Phi) is 3.53. The van der Waals surface area contributed by atoms with Gasteiger partial charge in [-0.25, -0.2) is 4.98 Å². The zero-order valence-corrected chi connectivity index (χ0v) is 13.8. The summed E-state index contributed by atoms with van der Waals surface area (Å²) in [6.45, 7) is 0. The number of pyridine rings is 1. The van der Waals surface area contributed by atoms with Crippen molar-refractivity contribution in [1.82, 2.24) is 24.7 Å². The molecular weight excluding hydrogens is 316 g/mol. The van der Waals surface area contributed by atoms with Crippen molar-refractivity contribution in [3.8, 4) is 28.5 Å². The van der Waals surface area contributed by atoms with Crippen molar-refractivity contribution >= 4 is 16.9 Å². The maximum absolute atomic E-state index is 5.88. The van der Waals surface area contributed by atoms with Crippen LogP contribution in [0.3, 0.4) is 0 Å². The first kappa shape index (κ1) is 15.1. The van der Waals surface area contributed by atoms with Crippen LogP contribution in [-0.4, -0.2) is 31.8 Å². The molecule has 0 amide bonds. The lowest BCUT2D eigenvalue weighted by Crippen LogP contribution is -1.99. The average molecular weight is 332 g/mol. The molecule has 0 spiro atoms. The lowest BCUT2D eigenvalue weighted by molar-refractivity contribution is 0.382. The Hall–Kier alpha value is -3.48. The van der Waals surface area contributed by atoms with E-state index in [9.17, 15) is 0 Å². The first-order valence-corrected chi connectivity index (χ1v) is 7.73. The van der Waals surface area contributed by atoms with Crippen molar-refractivity contribution < 1.29 is 4.74 Å². The number of hydrogen-bond donors (Lipinski definition) is 1. The van der Waals surface area contributed by atoms with Crippen molar-refractivity contribution in [3.63, 3.8) is 0 Å². The average Bonchev–Trinajstić information content (AvgIpc) is 3.03. The number of benzene rings is 1. The van der Waals surface area contributed by atoms with Crippen LogP contribution in [0.25, 0.3) is 33.5 Å². The molecular formula is C18H16N6O. The Bertz CT molecular complexity index is 1060. The van der Waals surface area contributed by atoms with Gasteiger partial charge in [-0.05, 0) is 12.1 Å². The topological polar surface area (TPSA) is 91.7 Å². The molecule has 0 aliphatic carbocycles. The third-order valence-corrected chi connectivity index (χ3v) is 3.86. The predicted octanol–water partition coefficient (Wildman–Crippen LogP) is 2.68. The third kappa shape index (κ3) is 2.65. The number of anilines is 1. The first-order valence-electron chi connectivity index (χ1n) is 7.73. The second kappa shape index (κ2) is 5.86. The molecule has 3 aromatic heterocycles. The number of nitrogens with zero attached hydrogens (tertiary/aromatic N) is 5. The smallest absolute Gasteiger partial charge is 0.317 e. The lowest BCUT2D eigenvalue weighted by Gasteiger charge is -2.08. The molecule has 0 atom stereocenters. The summed E-state index contributed by atoms with van der Waals surface area (Å²) in [6.07, 6.45) is 1.91. The van der Waals surface area contributed by atoms with Crippen LogP contribution in [0.4, 0.5) is 5.82 Å². The van der Waals surface area contributed by atoms with Crippen LogP contribution in [0.2, 0.25) is 0 Å². The molecule has 0 radical (unpaired) electrons. The minimum atomic E-state index is 0.275. The van der Waals surface area contributed by atoms with Crippen LogP contribution in [0.15, 0.2) is 48.7 Å². The van der Waals surface area contributed by atoms with Gasteiger partial charge in [-0.1, -0.05) is 30.3 Å². The molecule has 124 valence electrons. The molecule has 3 heterocycles. The van der Waals surface area contributed by atoms with Crippen LogP contribution in [0.1, 0.15) is 0 Å². The number of nitrogens with two attached hydrogens (primary N) is 1. The SMILES string of the molecule is COc1nc(-c2cn(C)nc2-c2ccccc2)c2nc(N)ccc2n1. The van der Waals surface area contributed by atoms with Gasteiger partial charge >= 0.3 is 6.01 Å². The summed E-state index contributed by atoms with van der Waals surface area (Å²) in [7, 11) is 3.41. The molecule has 2 N–H and O–H groups in total. The second-order valence-corrected chi connectivity index (χ2v) is 5.59. The predicted molar refractivity (Wildman–Crippen MR) is 95.9 cm³/mol. The second-order valence-electron chi connectivity index (χ2n) is 5.59. The van der Waals surface area contributed by atoms with E-state index in [1.807, 2.05) is 49.6 Å². The Morgan fingerprint density at radius 1 is 0.960 bits per heavy atom. The van der Waals surface area contributed by atoms with Crippen molar-refractivity contribution in [2.45, 2.75) is 0 Å². The highest BCUT2D eigenvalue weighted by molar-refractivity contribution is 5.94. The molecule has 0 unspecified atom stereocenters. The molecule has 0 fully saturated rings. The molecule has 7 nitrogen and oxygen atoms in total. The number of nitrogen functional groups attached to an aromatic ring is 1.